The summed E-state index contributed by atoms with van der Waals surface area (Å²) in [5.41, 5.74) is 0. The summed E-state index contributed by atoms with van der Waals surface area (Å²) in [6, 6.07) is 6.87. The zero-order chi connectivity index (χ0) is 16.7. The van der Waals surface area contributed by atoms with Crippen molar-refractivity contribution in [3.8, 4) is 5.75 Å². The highest BCUT2D eigenvalue weighted by Crippen LogP contribution is 2.26. The van der Waals surface area contributed by atoms with Crippen molar-refractivity contribution in [2.24, 2.45) is 0 Å². The van der Waals surface area contributed by atoms with Crippen LogP contribution in [0.1, 0.15) is 0 Å². The average molecular weight is 374 g/mol. The number of carbonyl (C=O) groups is 2. The van der Waals surface area contributed by atoms with Gasteiger partial charge < -0.3 is 9.47 Å². The van der Waals surface area contributed by atoms with E-state index in [0.29, 0.717) is 20.2 Å². The number of hydrogen-bond donors (Lipinski definition) is 1. The van der Waals surface area contributed by atoms with Gasteiger partial charge in [0.05, 0.1) is 17.9 Å². The SMILES string of the molecule is COC(=O)CSc1nnc(NC(=O)COc2ccccc2Cl)s1. The summed E-state index contributed by atoms with van der Waals surface area (Å²) in [7, 11) is 1.31. The number of thioether (sulfide) groups is 1. The summed E-state index contributed by atoms with van der Waals surface area (Å²) in [5, 5.41) is 11.0. The van der Waals surface area contributed by atoms with Crippen LogP contribution in [0.25, 0.3) is 0 Å². The van der Waals surface area contributed by atoms with E-state index in [-0.39, 0.29) is 24.2 Å². The van der Waals surface area contributed by atoms with E-state index >= 15 is 0 Å². The van der Waals surface area contributed by atoms with Crippen molar-refractivity contribution in [3.63, 3.8) is 0 Å². The molecule has 2 aromatic rings. The number of para-hydroxylation sites is 1. The monoisotopic (exact) mass is 373 g/mol. The fourth-order valence-electron chi connectivity index (χ4n) is 1.36. The average Bonchev–Trinajstić information content (AvgIpc) is 2.99. The first-order chi connectivity index (χ1) is 11.1. The number of hydrogen-bond acceptors (Lipinski definition) is 8. The minimum Gasteiger partial charge on any atom is -0.482 e. The number of anilines is 1. The van der Waals surface area contributed by atoms with Crippen LogP contribution in [0.15, 0.2) is 28.6 Å². The summed E-state index contributed by atoms with van der Waals surface area (Å²) >= 11 is 8.27. The lowest BCUT2D eigenvalue weighted by atomic mass is 10.3. The Labute approximate surface area is 145 Å². The Hall–Kier alpha value is -1.84. The number of methoxy groups -OCH3 is 1. The number of nitrogens with one attached hydrogen (secondary N) is 1. The van der Waals surface area contributed by atoms with Gasteiger partial charge in [0, 0.05) is 0 Å². The maximum absolute atomic E-state index is 11.8. The molecule has 10 heteroatoms. The second-order valence-electron chi connectivity index (χ2n) is 4.01. The first-order valence-corrected chi connectivity index (χ1v) is 8.47. The fraction of sp³-hybridized carbons (Fsp3) is 0.231. The summed E-state index contributed by atoms with van der Waals surface area (Å²) in [5.74, 6) is -0.181. The van der Waals surface area contributed by atoms with Gasteiger partial charge in [0.2, 0.25) is 5.13 Å². The molecule has 0 fully saturated rings. The number of esters is 1. The third-order valence-electron chi connectivity index (χ3n) is 2.39. The summed E-state index contributed by atoms with van der Waals surface area (Å²) in [6.07, 6.45) is 0. The van der Waals surface area contributed by atoms with Crippen molar-refractivity contribution in [3.05, 3.63) is 29.3 Å². The molecule has 0 bridgehead atoms. The lowest BCUT2D eigenvalue weighted by Gasteiger charge is -2.06. The highest BCUT2D eigenvalue weighted by Gasteiger charge is 2.11. The maximum atomic E-state index is 11.8. The number of rotatable bonds is 7. The highest BCUT2D eigenvalue weighted by atomic mass is 35.5. The number of amides is 1. The third-order valence-corrected chi connectivity index (χ3v) is 4.65. The molecule has 1 amide bonds. The number of nitrogens with zero attached hydrogens (tertiary/aromatic N) is 2. The first kappa shape index (κ1) is 17.5. The third kappa shape index (κ3) is 5.70. The highest BCUT2D eigenvalue weighted by molar-refractivity contribution is 8.01. The molecule has 1 aromatic heterocycles. The Bertz CT molecular complexity index is 695. The minimum absolute atomic E-state index is 0.134. The molecular formula is C13H12ClN3O4S2. The van der Waals surface area contributed by atoms with Crippen molar-refractivity contribution in [1.82, 2.24) is 10.2 Å². The minimum atomic E-state index is -0.384. The second kappa shape index (κ2) is 8.70. The molecule has 0 spiro atoms. The number of halogens is 1. The van der Waals surface area contributed by atoms with Crippen LogP contribution < -0.4 is 10.1 Å². The number of ether oxygens (including phenoxy) is 2. The Balaban J connectivity index is 1.80. The van der Waals surface area contributed by atoms with E-state index in [2.05, 4.69) is 20.3 Å². The maximum Gasteiger partial charge on any atom is 0.316 e. The Morgan fingerprint density at radius 2 is 2.13 bits per heavy atom. The smallest absolute Gasteiger partial charge is 0.316 e. The topological polar surface area (TPSA) is 90.4 Å². The molecule has 1 aromatic carbocycles. The first-order valence-electron chi connectivity index (χ1n) is 6.29. The van der Waals surface area contributed by atoms with Crippen LogP contribution in [0.5, 0.6) is 5.75 Å². The van der Waals surface area contributed by atoms with E-state index in [1.165, 1.54) is 18.9 Å². The molecule has 0 saturated carbocycles. The predicted molar refractivity (Wildman–Crippen MR) is 88.2 cm³/mol. The van der Waals surface area contributed by atoms with E-state index < -0.39 is 0 Å². The van der Waals surface area contributed by atoms with Crippen LogP contribution in [-0.2, 0) is 14.3 Å². The molecule has 0 aliphatic carbocycles. The number of benzene rings is 1. The Kier molecular flexibility index (Phi) is 6.63. The van der Waals surface area contributed by atoms with Crippen LogP contribution in [-0.4, -0.2) is 41.5 Å². The fourth-order valence-corrected chi connectivity index (χ4v) is 3.15. The molecule has 7 nitrogen and oxygen atoms in total. The van der Waals surface area contributed by atoms with Crippen LogP contribution >= 0.6 is 34.7 Å². The molecule has 2 rings (SSSR count). The summed E-state index contributed by atoms with van der Waals surface area (Å²) < 4.78 is 10.4. The van der Waals surface area contributed by atoms with Crippen molar-refractivity contribution in [1.29, 1.82) is 0 Å². The number of carbonyl (C=O) groups excluding carboxylic acids is 2. The van der Waals surface area contributed by atoms with E-state index in [1.807, 2.05) is 0 Å². The molecule has 1 N–H and O–H groups in total. The summed E-state index contributed by atoms with van der Waals surface area (Å²) in [6.45, 7) is -0.200. The van der Waals surface area contributed by atoms with Gasteiger partial charge in [0.25, 0.3) is 5.91 Å². The van der Waals surface area contributed by atoms with Crippen molar-refractivity contribution in [2.45, 2.75) is 4.34 Å². The molecule has 0 radical (unpaired) electrons. The van der Waals surface area contributed by atoms with Crippen LogP contribution in [0.3, 0.4) is 0 Å². The van der Waals surface area contributed by atoms with E-state index in [4.69, 9.17) is 16.3 Å². The van der Waals surface area contributed by atoms with Gasteiger partial charge >= 0.3 is 5.97 Å². The molecule has 122 valence electrons. The molecular weight excluding hydrogens is 362 g/mol. The van der Waals surface area contributed by atoms with Gasteiger partial charge in [0.1, 0.15) is 5.75 Å². The molecule has 0 atom stereocenters. The van der Waals surface area contributed by atoms with Crippen molar-refractivity contribution < 1.29 is 19.1 Å². The van der Waals surface area contributed by atoms with E-state index in [0.717, 1.165) is 11.3 Å². The molecule has 0 aliphatic heterocycles. The van der Waals surface area contributed by atoms with Crippen molar-refractivity contribution >= 4 is 51.7 Å². The van der Waals surface area contributed by atoms with Gasteiger partial charge in [-0.15, -0.1) is 10.2 Å². The second-order valence-corrected chi connectivity index (χ2v) is 6.61. The van der Waals surface area contributed by atoms with Gasteiger partial charge in [-0.3, -0.25) is 14.9 Å². The van der Waals surface area contributed by atoms with Crippen LogP contribution in [0.4, 0.5) is 5.13 Å². The van der Waals surface area contributed by atoms with Gasteiger partial charge in [0.15, 0.2) is 10.9 Å². The predicted octanol–water partition coefficient (Wildman–Crippen LogP) is 2.47. The Morgan fingerprint density at radius 3 is 2.87 bits per heavy atom. The molecule has 1 heterocycles. The molecule has 0 unspecified atom stereocenters. The van der Waals surface area contributed by atoms with Crippen molar-refractivity contribution in [2.75, 3.05) is 24.8 Å². The molecule has 23 heavy (non-hydrogen) atoms. The zero-order valence-electron chi connectivity index (χ0n) is 11.9. The van der Waals surface area contributed by atoms with E-state index in [9.17, 15) is 9.59 Å². The standard InChI is InChI=1S/C13H12ClN3O4S2/c1-20-11(19)7-22-13-17-16-12(23-13)15-10(18)6-21-9-5-3-2-4-8(9)14/h2-5H,6-7H2,1H3,(H,15,16,18). The zero-order valence-corrected chi connectivity index (χ0v) is 14.3. The normalized spacial score (nSPS) is 10.2. The van der Waals surface area contributed by atoms with Gasteiger partial charge in [-0.05, 0) is 12.1 Å². The summed E-state index contributed by atoms with van der Waals surface area (Å²) in [4.78, 5) is 22.8. The van der Waals surface area contributed by atoms with Gasteiger partial charge in [-0.2, -0.15) is 0 Å². The number of aromatic nitrogens is 2. The lowest BCUT2D eigenvalue weighted by molar-refractivity contribution is -0.137. The lowest BCUT2D eigenvalue weighted by Crippen LogP contribution is -2.20. The Morgan fingerprint density at radius 1 is 1.35 bits per heavy atom. The molecule has 0 saturated heterocycles. The largest absolute Gasteiger partial charge is 0.482 e. The molecule has 0 aliphatic rings. The van der Waals surface area contributed by atoms with Crippen LogP contribution in [0, 0.1) is 0 Å². The van der Waals surface area contributed by atoms with E-state index in [1.54, 1.807) is 24.3 Å². The van der Waals surface area contributed by atoms with Gasteiger partial charge in [-0.1, -0.05) is 46.8 Å². The van der Waals surface area contributed by atoms with Crippen LogP contribution in [0.2, 0.25) is 5.02 Å². The quantitative estimate of drug-likeness (QED) is 0.453. The van der Waals surface area contributed by atoms with Gasteiger partial charge in [-0.25, -0.2) is 0 Å².